The van der Waals surface area contributed by atoms with E-state index in [1.165, 1.54) is 0 Å². The molecule has 0 saturated carbocycles. The first-order valence-corrected chi connectivity index (χ1v) is 6.04. The van der Waals surface area contributed by atoms with Gasteiger partial charge in [0.05, 0.1) is 10.6 Å². The molecule has 0 saturated heterocycles. The van der Waals surface area contributed by atoms with E-state index in [-0.39, 0.29) is 11.5 Å². The van der Waals surface area contributed by atoms with Gasteiger partial charge in [-0.2, -0.15) is 0 Å². The summed E-state index contributed by atoms with van der Waals surface area (Å²) in [6.45, 7) is 4.06. The molecule has 84 valence electrons. The van der Waals surface area contributed by atoms with E-state index in [2.05, 4.69) is 4.98 Å². The molecular formula is C12H14N2OS. The summed E-state index contributed by atoms with van der Waals surface area (Å²) in [6.07, 6.45) is 0. The van der Waals surface area contributed by atoms with Crippen molar-refractivity contribution < 1.29 is 0 Å². The summed E-state index contributed by atoms with van der Waals surface area (Å²) in [6, 6.07) is 5.91. The number of anilines is 1. The molecule has 0 atom stereocenters. The molecule has 0 aliphatic heterocycles. The molecule has 3 nitrogen and oxygen atoms in total. The predicted molar refractivity (Wildman–Crippen MR) is 68.9 cm³/mol. The number of rotatable bonds is 2. The Kier molecular flexibility index (Phi) is 2.83. The molecule has 3 N–H and O–H groups in total. The van der Waals surface area contributed by atoms with Gasteiger partial charge in [-0.3, -0.25) is 4.79 Å². The van der Waals surface area contributed by atoms with Crippen molar-refractivity contribution in [1.29, 1.82) is 0 Å². The minimum atomic E-state index is -0.199. The molecule has 0 bridgehead atoms. The second-order valence-electron chi connectivity index (χ2n) is 4.01. The van der Waals surface area contributed by atoms with E-state index < -0.39 is 0 Å². The number of pyridine rings is 1. The molecule has 0 aliphatic carbocycles. The summed E-state index contributed by atoms with van der Waals surface area (Å²) >= 11 is 1.60. The van der Waals surface area contributed by atoms with E-state index in [0.29, 0.717) is 5.69 Å². The summed E-state index contributed by atoms with van der Waals surface area (Å²) in [4.78, 5) is 15.5. The van der Waals surface area contributed by atoms with Crippen LogP contribution in [0.25, 0.3) is 10.6 Å². The normalized spacial score (nSPS) is 10.9. The van der Waals surface area contributed by atoms with Crippen molar-refractivity contribution >= 4 is 17.0 Å². The Morgan fingerprint density at radius 3 is 2.75 bits per heavy atom. The molecule has 2 aromatic heterocycles. The van der Waals surface area contributed by atoms with Crippen LogP contribution in [0.4, 0.5) is 5.69 Å². The van der Waals surface area contributed by atoms with Crippen molar-refractivity contribution in [1.82, 2.24) is 4.98 Å². The standard InChI is InChI=1S/C12H14N2OS/c1-7(2)8-6-9(10-4-3-5-16-10)14-12(15)11(8)13/h3-7H,13H2,1-2H3,(H,14,15). The summed E-state index contributed by atoms with van der Waals surface area (Å²) in [5.74, 6) is 0.251. The van der Waals surface area contributed by atoms with Crippen molar-refractivity contribution in [3.05, 3.63) is 39.5 Å². The number of aromatic amines is 1. The second kappa shape index (κ2) is 4.14. The third-order valence-electron chi connectivity index (χ3n) is 2.51. The van der Waals surface area contributed by atoms with Gasteiger partial charge in [0.25, 0.3) is 5.56 Å². The maximum atomic E-state index is 11.7. The highest BCUT2D eigenvalue weighted by Gasteiger charge is 2.10. The van der Waals surface area contributed by atoms with Gasteiger partial charge in [-0.1, -0.05) is 19.9 Å². The quantitative estimate of drug-likeness (QED) is 0.839. The van der Waals surface area contributed by atoms with Crippen molar-refractivity contribution in [2.24, 2.45) is 0 Å². The molecule has 0 aromatic carbocycles. The fraction of sp³-hybridized carbons (Fsp3) is 0.250. The Labute approximate surface area is 97.9 Å². The number of nitrogens with two attached hydrogens (primary N) is 1. The number of H-pyrrole nitrogens is 1. The van der Waals surface area contributed by atoms with E-state index in [9.17, 15) is 4.79 Å². The number of aromatic nitrogens is 1. The van der Waals surface area contributed by atoms with Crippen LogP contribution in [0.5, 0.6) is 0 Å². The Hall–Kier alpha value is -1.55. The largest absolute Gasteiger partial charge is 0.394 e. The van der Waals surface area contributed by atoms with Gasteiger partial charge < -0.3 is 10.7 Å². The van der Waals surface area contributed by atoms with Gasteiger partial charge >= 0.3 is 0 Å². The smallest absolute Gasteiger partial charge is 0.271 e. The average molecular weight is 234 g/mol. The van der Waals surface area contributed by atoms with Crippen molar-refractivity contribution in [3.63, 3.8) is 0 Å². The third kappa shape index (κ3) is 1.88. The molecule has 0 spiro atoms. The Morgan fingerprint density at radius 1 is 1.44 bits per heavy atom. The van der Waals surface area contributed by atoms with Gasteiger partial charge in [-0.15, -0.1) is 11.3 Å². The van der Waals surface area contributed by atoms with Crippen LogP contribution in [0, 0.1) is 0 Å². The lowest BCUT2D eigenvalue weighted by molar-refractivity contribution is 0.865. The lowest BCUT2D eigenvalue weighted by Gasteiger charge is -2.10. The molecule has 16 heavy (non-hydrogen) atoms. The molecule has 2 heterocycles. The fourth-order valence-corrected chi connectivity index (χ4v) is 2.33. The summed E-state index contributed by atoms with van der Waals surface area (Å²) in [5, 5.41) is 1.99. The van der Waals surface area contributed by atoms with Gasteiger partial charge in [-0.05, 0) is 29.0 Å². The van der Waals surface area contributed by atoms with Crippen LogP contribution in [0.3, 0.4) is 0 Å². The van der Waals surface area contributed by atoms with Crippen molar-refractivity contribution in [3.8, 4) is 10.6 Å². The number of thiophene rings is 1. The van der Waals surface area contributed by atoms with Crippen LogP contribution in [0.15, 0.2) is 28.4 Å². The third-order valence-corrected chi connectivity index (χ3v) is 3.42. The number of hydrogen-bond acceptors (Lipinski definition) is 3. The monoisotopic (exact) mass is 234 g/mol. The summed E-state index contributed by atoms with van der Waals surface area (Å²) in [7, 11) is 0. The molecule has 0 amide bonds. The first-order chi connectivity index (χ1) is 7.59. The maximum absolute atomic E-state index is 11.7. The molecular weight excluding hydrogens is 220 g/mol. The zero-order valence-corrected chi connectivity index (χ0v) is 10.1. The van der Waals surface area contributed by atoms with Crippen LogP contribution < -0.4 is 11.3 Å². The molecule has 4 heteroatoms. The molecule has 2 aromatic rings. The van der Waals surface area contributed by atoms with E-state index in [4.69, 9.17) is 5.73 Å². The Bertz CT molecular complexity index is 541. The minimum absolute atomic E-state index is 0.199. The fourth-order valence-electron chi connectivity index (χ4n) is 1.63. The van der Waals surface area contributed by atoms with E-state index in [0.717, 1.165) is 16.1 Å². The summed E-state index contributed by atoms with van der Waals surface area (Å²) < 4.78 is 0. The van der Waals surface area contributed by atoms with Crippen LogP contribution in [0.1, 0.15) is 25.3 Å². The number of nitrogen functional groups attached to an aromatic ring is 1. The van der Waals surface area contributed by atoms with Gasteiger partial charge in [0.15, 0.2) is 0 Å². The van der Waals surface area contributed by atoms with Crippen LogP contribution >= 0.6 is 11.3 Å². The van der Waals surface area contributed by atoms with Crippen molar-refractivity contribution in [2.45, 2.75) is 19.8 Å². The minimum Gasteiger partial charge on any atom is -0.394 e. The van der Waals surface area contributed by atoms with Gasteiger partial charge in [0.1, 0.15) is 5.69 Å². The first kappa shape index (κ1) is 11.0. The van der Waals surface area contributed by atoms with Crippen LogP contribution in [-0.2, 0) is 0 Å². The van der Waals surface area contributed by atoms with E-state index in [1.807, 2.05) is 37.4 Å². The van der Waals surface area contributed by atoms with Gasteiger partial charge in [0.2, 0.25) is 0 Å². The van der Waals surface area contributed by atoms with Gasteiger partial charge in [-0.25, -0.2) is 0 Å². The first-order valence-electron chi connectivity index (χ1n) is 5.16. The zero-order valence-electron chi connectivity index (χ0n) is 9.28. The van der Waals surface area contributed by atoms with E-state index >= 15 is 0 Å². The molecule has 0 fully saturated rings. The highest BCUT2D eigenvalue weighted by atomic mass is 32.1. The number of hydrogen-bond donors (Lipinski definition) is 2. The highest BCUT2D eigenvalue weighted by molar-refractivity contribution is 7.13. The Morgan fingerprint density at radius 2 is 2.19 bits per heavy atom. The SMILES string of the molecule is CC(C)c1cc(-c2cccs2)[nH]c(=O)c1N. The topological polar surface area (TPSA) is 58.9 Å². The van der Waals surface area contributed by atoms with Crippen LogP contribution in [-0.4, -0.2) is 4.98 Å². The second-order valence-corrected chi connectivity index (χ2v) is 4.96. The van der Waals surface area contributed by atoms with Crippen LogP contribution in [0.2, 0.25) is 0 Å². The molecule has 2 rings (SSSR count). The number of nitrogens with one attached hydrogen (secondary N) is 1. The maximum Gasteiger partial charge on any atom is 0.271 e. The average Bonchev–Trinajstić information content (AvgIpc) is 2.74. The Balaban J connectivity index is 2.62. The van der Waals surface area contributed by atoms with E-state index in [1.54, 1.807) is 11.3 Å². The summed E-state index contributed by atoms with van der Waals surface area (Å²) in [5.41, 5.74) is 7.65. The molecule has 0 radical (unpaired) electrons. The lowest BCUT2D eigenvalue weighted by atomic mass is 10.0. The molecule has 0 aliphatic rings. The zero-order chi connectivity index (χ0) is 11.7. The highest BCUT2D eigenvalue weighted by Crippen LogP contribution is 2.26. The van der Waals surface area contributed by atoms with Gasteiger partial charge in [0, 0.05) is 0 Å². The molecule has 0 unspecified atom stereocenters. The lowest BCUT2D eigenvalue weighted by Crippen LogP contribution is -2.15. The van der Waals surface area contributed by atoms with Crippen molar-refractivity contribution in [2.75, 3.05) is 5.73 Å². The predicted octanol–water partition coefficient (Wildman–Crippen LogP) is 2.81.